The van der Waals surface area contributed by atoms with Crippen LogP contribution in [0.3, 0.4) is 0 Å². The highest BCUT2D eigenvalue weighted by atomic mass is 32.2. The number of aromatic nitrogens is 1. The molecular formula is C18H20N2O4S. The number of hydrogen-bond acceptors (Lipinski definition) is 5. The Hall–Kier alpha value is -2.41. The van der Waals surface area contributed by atoms with E-state index in [1.54, 1.807) is 0 Å². The fraction of sp³-hybridized carbons (Fsp3) is 0.333. The Kier molecular flexibility index (Phi) is 5.33. The molecule has 1 aliphatic rings. The molecule has 0 saturated heterocycles. The summed E-state index contributed by atoms with van der Waals surface area (Å²) in [5.41, 5.74) is 2.12. The fourth-order valence-electron chi connectivity index (χ4n) is 2.60. The molecule has 0 saturated carbocycles. The average Bonchev–Trinajstić information content (AvgIpc) is 2.59. The van der Waals surface area contributed by atoms with Gasteiger partial charge in [0.25, 0.3) is 5.56 Å². The number of aryl methyl sites for hydroxylation is 2. The number of rotatable bonds is 5. The molecule has 1 amide bonds. The molecule has 3 rings (SSSR count). The maximum Gasteiger partial charge on any atom is 0.253 e. The summed E-state index contributed by atoms with van der Waals surface area (Å²) in [4.78, 5) is 27.7. The Morgan fingerprint density at radius 3 is 2.72 bits per heavy atom. The van der Waals surface area contributed by atoms with Crippen LogP contribution in [-0.4, -0.2) is 29.9 Å². The quantitative estimate of drug-likeness (QED) is 0.799. The predicted octanol–water partition coefficient (Wildman–Crippen LogP) is 2.17. The first-order valence-corrected chi connectivity index (χ1v) is 9.00. The monoisotopic (exact) mass is 360 g/mol. The van der Waals surface area contributed by atoms with E-state index in [0.29, 0.717) is 24.5 Å². The van der Waals surface area contributed by atoms with Crippen molar-refractivity contribution in [1.82, 2.24) is 10.3 Å². The molecule has 6 nitrogen and oxygen atoms in total. The van der Waals surface area contributed by atoms with Crippen LogP contribution in [0.4, 0.5) is 0 Å². The van der Waals surface area contributed by atoms with Gasteiger partial charge in [-0.05, 0) is 43.7 Å². The molecule has 0 atom stereocenters. The van der Waals surface area contributed by atoms with Gasteiger partial charge in [-0.1, -0.05) is 0 Å². The minimum absolute atomic E-state index is 0.126. The molecular weight excluding hydrogens is 340 g/mol. The highest BCUT2D eigenvalue weighted by Gasteiger charge is 2.13. The van der Waals surface area contributed by atoms with Crippen molar-refractivity contribution in [2.45, 2.75) is 25.3 Å². The third-order valence-corrected chi connectivity index (χ3v) is 4.83. The minimum Gasteiger partial charge on any atom is -0.486 e. The molecule has 1 aromatic heterocycles. The zero-order chi connectivity index (χ0) is 17.8. The second kappa shape index (κ2) is 7.65. The molecule has 2 N–H and O–H groups in total. The zero-order valence-corrected chi connectivity index (χ0v) is 15.0. The van der Waals surface area contributed by atoms with E-state index < -0.39 is 0 Å². The zero-order valence-electron chi connectivity index (χ0n) is 14.2. The summed E-state index contributed by atoms with van der Waals surface area (Å²) in [6, 6.07) is 7.53. The average molecular weight is 360 g/mol. The van der Waals surface area contributed by atoms with Crippen molar-refractivity contribution in [3.8, 4) is 11.5 Å². The third-order valence-electron chi connectivity index (χ3n) is 3.84. The lowest BCUT2D eigenvalue weighted by molar-refractivity contribution is -0.118. The molecule has 0 bridgehead atoms. The molecule has 0 aliphatic carbocycles. The number of hydrogen-bond donors (Lipinski definition) is 2. The smallest absolute Gasteiger partial charge is 0.253 e. The lowest BCUT2D eigenvalue weighted by Gasteiger charge is -2.18. The van der Waals surface area contributed by atoms with E-state index in [2.05, 4.69) is 10.3 Å². The summed E-state index contributed by atoms with van der Waals surface area (Å²) in [6.07, 6.45) is 0. The normalized spacial score (nSPS) is 12.7. The van der Waals surface area contributed by atoms with Crippen LogP contribution in [0.1, 0.15) is 16.8 Å². The molecule has 0 fully saturated rings. The van der Waals surface area contributed by atoms with Crippen molar-refractivity contribution in [2.24, 2.45) is 0 Å². The molecule has 1 aliphatic heterocycles. The number of nitrogens with one attached hydrogen (secondary N) is 2. The van der Waals surface area contributed by atoms with E-state index in [-0.39, 0.29) is 23.8 Å². The maximum atomic E-state index is 12.1. The number of thioether (sulfide) groups is 1. The predicted molar refractivity (Wildman–Crippen MR) is 96.5 cm³/mol. The van der Waals surface area contributed by atoms with Crippen molar-refractivity contribution in [3.05, 3.63) is 51.4 Å². The Morgan fingerprint density at radius 2 is 1.96 bits per heavy atom. The first-order chi connectivity index (χ1) is 12.0. The number of fused-ring (bicyclic) bond motifs is 1. The number of H-pyrrole nitrogens is 1. The highest BCUT2D eigenvalue weighted by Crippen LogP contribution is 2.34. The number of pyridine rings is 1. The van der Waals surface area contributed by atoms with Crippen LogP contribution >= 0.6 is 11.8 Å². The third kappa shape index (κ3) is 4.36. The van der Waals surface area contributed by atoms with Gasteiger partial charge in [0.2, 0.25) is 5.91 Å². The summed E-state index contributed by atoms with van der Waals surface area (Å²) in [5.74, 6) is 1.58. The van der Waals surface area contributed by atoms with E-state index in [0.717, 1.165) is 21.9 Å². The highest BCUT2D eigenvalue weighted by molar-refractivity contribution is 8.00. The number of aromatic amines is 1. The Balaban J connectivity index is 1.54. The van der Waals surface area contributed by atoms with E-state index >= 15 is 0 Å². The summed E-state index contributed by atoms with van der Waals surface area (Å²) >= 11 is 1.41. The maximum absolute atomic E-state index is 12.1. The van der Waals surface area contributed by atoms with Gasteiger partial charge in [0.05, 0.1) is 5.75 Å². The fourth-order valence-corrected chi connectivity index (χ4v) is 3.36. The second-order valence-corrected chi connectivity index (χ2v) is 6.86. The number of carbonyl (C=O) groups excluding carboxylic acids is 1. The number of amides is 1. The molecule has 0 unspecified atom stereocenters. The molecule has 1 aromatic carbocycles. The van der Waals surface area contributed by atoms with E-state index in [4.69, 9.17) is 9.47 Å². The van der Waals surface area contributed by atoms with Gasteiger partial charge in [-0.25, -0.2) is 0 Å². The number of ether oxygens (including phenoxy) is 2. The topological polar surface area (TPSA) is 80.4 Å². The van der Waals surface area contributed by atoms with Crippen molar-refractivity contribution in [1.29, 1.82) is 0 Å². The van der Waals surface area contributed by atoms with Crippen molar-refractivity contribution < 1.29 is 14.3 Å². The second-order valence-electron chi connectivity index (χ2n) is 5.81. The van der Waals surface area contributed by atoms with Gasteiger partial charge in [0.15, 0.2) is 11.5 Å². The Labute approximate surface area is 149 Å². The van der Waals surface area contributed by atoms with Crippen LogP contribution in [0.25, 0.3) is 0 Å². The van der Waals surface area contributed by atoms with Gasteiger partial charge in [0.1, 0.15) is 13.2 Å². The molecule has 2 aromatic rings. The van der Waals surface area contributed by atoms with Gasteiger partial charge in [-0.15, -0.1) is 11.8 Å². The van der Waals surface area contributed by atoms with Crippen LogP contribution in [-0.2, 0) is 11.3 Å². The first kappa shape index (κ1) is 17.4. The molecule has 0 spiro atoms. The van der Waals surface area contributed by atoms with Crippen molar-refractivity contribution >= 4 is 17.7 Å². The van der Waals surface area contributed by atoms with Crippen LogP contribution in [0.2, 0.25) is 0 Å². The van der Waals surface area contributed by atoms with Gasteiger partial charge in [-0.2, -0.15) is 0 Å². The van der Waals surface area contributed by atoms with Gasteiger partial charge in [0, 0.05) is 22.7 Å². The Morgan fingerprint density at radius 1 is 1.20 bits per heavy atom. The Bertz CT molecular complexity index is 847. The van der Waals surface area contributed by atoms with Crippen LogP contribution in [0.5, 0.6) is 11.5 Å². The standard InChI is InChI=1S/C18H20N2O4S/c1-11-7-12(2)20-18(22)14(11)9-19-17(21)10-25-13-3-4-15-16(8-13)24-6-5-23-15/h3-4,7-8H,5-6,9-10H2,1-2H3,(H,19,21)(H,20,22). The van der Waals surface area contributed by atoms with E-state index in [1.807, 2.05) is 38.1 Å². The largest absolute Gasteiger partial charge is 0.486 e. The van der Waals surface area contributed by atoms with E-state index in [9.17, 15) is 9.59 Å². The van der Waals surface area contributed by atoms with Crippen LogP contribution in [0.15, 0.2) is 34.0 Å². The molecule has 2 heterocycles. The summed E-state index contributed by atoms with van der Waals surface area (Å²) in [5, 5.41) is 2.80. The van der Waals surface area contributed by atoms with Crippen LogP contribution in [0, 0.1) is 13.8 Å². The number of carbonyl (C=O) groups is 1. The van der Waals surface area contributed by atoms with Gasteiger partial charge < -0.3 is 19.8 Å². The van der Waals surface area contributed by atoms with E-state index in [1.165, 1.54) is 11.8 Å². The lowest BCUT2D eigenvalue weighted by Crippen LogP contribution is -2.29. The molecule has 0 radical (unpaired) electrons. The summed E-state index contributed by atoms with van der Waals surface area (Å²) in [6.45, 7) is 5.02. The van der Waals surface area contributed by atoms with Gasteiger partial charge in [-0.3, -0.25) is 9.59 Å². The van der Waals surface area contributed by atoms with Gasteiger partial charge >= 0.3 is 0 Å². The lowest BCUT2D eigenvalue weighted by atomic mass is 10.1. The van der Waals surface area contributed by atoms with Crippen LogP contribution < -0.4 is 20.3 Å². The number of benzene rings is 1. The minimum atomic E-state index is -0.155. The molecule has 132 valence electrons. The van der Waals surface area contributed by atoms with Crippen molar-refractivity contribution in [3.63, 3.8) is 0 Å². The molecule has 25 heavy (non-hydrogen) atoms. The molecule has 7 heteroatoms. The SMILES string of the molecule is Cc1cc(C)c(CNC(=O)CSc2ccc3c(c2)OCCO3)c(=O)[nH]1. The summed E-state index contributed by atoms with van der Waals surface area (Å²) in [7, 11) is 0. The van der Waals surface area contributed by atoms with Crippen molar-refractivity contribution in [2.75, 3.05) is 19.0 Å². The summed E-state index contributed by atoms with van der Waals surface area (Å²) < 4.78 is 11.0. The first-order valence-electron chi connectivity index (χ1n) is 8.01.